The Morgan fingerprint density at radius 3 is 2.83 bits per heavy atom. The summed E-state index contributed by atoms with van der Waals surface area (Å²) >= 11 is 0. The number of carbonyl (C=O) groups is 2. The number of carboxylic acid groups (broad SMARTS) is 1. The second kappa shape index (κ2) is 11.8. The van der Waals surface area contributed by atoms with Crippen LogP contribution in [0.25, 0.3) is 0 Å². The summed E-state index contributed by atoms with van der Waals surface area (Å²) in [5, 5.41) is 18.7. The molecule has 1 atom stereocenters. The largest absolute Gasteiger partial charge is 0.481 e. The number of aliphatic hydroxyl groups excluding tert-OH is 1. The number of hydrogen-bond acceptors (Lipinski definition) is 3. The van der Waals surface area contributed by atoms with Gasteiger partial charge in [-0.15, -0.1) is 0 Å². The van der Waals surface area contributed by atoms with E-state index in [-0.39, 0.29) is 12.2 Å². The van der Waals surface area contributed by atoms with Crippen molar-refractivity contribution in [3.05, 3.63) is 35.5 Å². The van der Waals surface area contributed by atoms with E-state index in [1.807, 2.05) is 0 Å². The number of aliphatic hydroxyl groups is 1. The first-order chi connectivity index (χ1) is 13.0. The highest BCUT2D eigenvalue weighted by atomic mass is 16.4. The second-order valence-electron chi connectivity index (χ2n) is 5.85. The number of rotatable bonds is 12. The third-order valence-corrected chi connectivity index (χ3v) is 3.83. The highest BCUT2D eigenvalue weighted by Crippen LogP contribution is 2.27. The summed E-state index contributed by atoms with van der Waals surface area (Å²) in [4.78, 5) is 22.8. The van der Waals surface area contributed by atoms with Crippen LogP contribution in [-0.4, -0.2) is 28.1 Å². The Morgan fingerprint density at radius 2 is 2.12 bits per heavy atom. The zero-order chi connectivity index (χ0) is 21.4. The number of ketones is 1. The quantitative estimate of drug-likeness (QED) is 0.410. The molecule has 0 bridgehead atoms. The fourth-order valence-corrected chi connectivity index (χ4v) is 2.51. The highest BCUT2D eigenvalue weighted by molar-refractivity contribution is 5.99. The molecule has 0 amide bonds. The van der Waals surface area contributed by atoms with Crippen molar-refractivity contribution in [3.63, 3.8) is 0 Å². The number of allylic oxidation sites excluding steroid dienone is 5. The van der Waals surface area contributed by atoms with E-state index in [0.29, 0.717) is 24.8 Å². The molecular formula is C20H30O4. The summed E-state index contributed by atoms with van der Waals surface area (Å²) in [5.74, 6) is -1.46. The van der Waals surface area contributed by atoms with Crippen molar-refractivity contribution in [2.24, 2.45) is 0 Å². The molecule has 4 nitrogen and oxygen atoms in total. The van der Waals surface area contributed by atoms with Crippen molar-refractivity contribution in [1.29, 1.82) is 0 Å². The van der Waals surface area contributed by atoms with Crippen LogP contribution < -0.4 is 0 Å². The Hall–Kier alpha value is -1.68. The SMILES string of the molecule is [2H]C([2H])(/C=C\CC1=C(/C=C/[C@@H](O)CCCCC)CCC1=O)C([2H])([2H])CC(=O)O. The molecule has 1 aliphatic carbocycles. The molecule has 24 heavy (non-hydrogen) atoms. The monoisotopic (exact) mass is 338 g/mol. The topological polar surface area (TPSA) is 74.6 Å². The number of carboxylic acids is 1. The number of Topliss-reactive ketones (excluding diaryl/α,β-unsaturated/α-hetero) is 1. The molecule has 2 N–H and O–H groups in total. The van der Waals surface area contributed by atoms with Gasteiger partial charge in [0.05, 0.1) is 6.10 Å². The molecule has 134 valence electrons. The molecule has 0 saturated heterocycles. The van der Waals surface area contributed by atoms with Gasteiger partial charge in [0.25, 0.3) is 0 Å². The van der Waals surface area contributed by atoms with Crippen LogP contribution in [0, 0.1) is 0 Å². The standard InChI is InChI=1S/C20H30O4/c1-2-3-6-9-17(21)14-12-16-13-15-19(22)18(16)10-7-4-5-8-11-20(23)24/h4,7,12,14,17,21H,2-3,5-6,8-11,13,15H2,1H3,(H,23,24)/b7-4-,14-12+/t17-/m0/s1/i5D2,8D2. The van der Waals surface area contributed by atoms with Crippen LogP contribution in [0.15, 0.2) is 35.5 Å². The van der Waals surface area contributed by atoms with Crippen LogP contribution in [-0.2, 0) is 9.59 Å². The Kier molecular flexibility index (Phi) is 7.20. The fraction of sp³-hybridized carbons (Fsp3) is 0.600. The van der Waals surface area contributed by atoms with Gasteiger partial charge < -0.3 is 10.2 Å². The first-order valence-corrected chi connectivity index (χ1v) is 8.51. The van der Waals surface area contributed by atoms with E-state index in [1.54, 1.807) is 12.2 Å². The molecular weight excluding hydrogens is 304 g/mol. The molecule has 0 saturated carbocycles. The summed E-state index contributed by atoms with van der Waals surface area (Å²) in [6, 6.07) is 0. The van der Waals surface area contributed by atoms with Gasteiger partial charge in [0.15, 0.2) is 5.78 Å². The zero-order valence-electron chi connectivity index (χ0n) is 18.3. The van der Waals surface area contributed by atoms with Crippen molar-refractivity contribution in [2.45, 2.75) is 77.1 Å². The predicted molar refractivity (Wildman–Crippen MR) is 95.8 cm³/mol. The van der Waals surface area contributed by atoms with Gasteiger partial charge >= 0.3 is 5.97 Å². The average Bonchev–Trinajstić information content (AvgIpc) is 2.92. The minimum atomic E-state index is -2.56. The Morgan fingerprint density at radius 1 is 1.33 bits per heavy atom. The van der Waals surface area contributed by atoms with Crippen LogP contribution in [0.4, 0.5) is 0 Å². The lowest BCUT2D eigenvalue weighted by molar-refractivity contribution is -0.137. The average molecular weight is 338 g/mol. The minimum Gasteiger partial charge on any atom is -0.481 e. The third kappa shape index (κ3) is 8.25. The van der Waals surface area contributed by atoms with Gasteiger partial charge in [-0.2, -0.15) is 0 Å². The number of unbranched alkanes of at least 4 members (excludes halogenated alkanes) is 2. The summed E-state index contributed by atoms with van der Waals surface area (Å²) in [5.41, 5.74) is 1.33. The maximum absolute atomic E-state index is 12.1. The molecule has 0 heterocycles. The zero-order valence-corrected chi connectivity index (χ0v) is 14.3. The van der Waals surface area contributed by atoms with Gasteiger partial charge in [-0.1, -0.05) is 50.5 Å². The molecule has 4 heteroatoms. The lowest BCUT2D eigenvalue weighted by atomic mass is 10.0. The van der Waals surface area contributed by atoms with Crippen LogP contribution in [0.2, 0.25) is 0 Å². The summed E-state index contributed by atoms with van der Waals surface area (Å²) in [6.45, 7) is 2.09. The maximum Gasteiger partial charge on any atom is 0.303 e. The number of hydrogen-bond donors (Lipinski definition) is 2. The summed E-state index contributed by atoms with van der Waals surface area (Å²) in [7, 11) is 0. The van der Waals surface area contributed by atoms with Gasteiger partial charge in [-0.3, -0.25) is 9.59 Å². The summed E-state index contributed by atoms with van der Waals surface area (Å²) < 4.78 is 30.9. The van der Waals surface area contributed by atoms with Crippen molar-refractivity contribution >= 4 is 11.8 Å². The van der Waals surface area contributed by atoms with Gasteiger partial charge in [0.2, 0.25) is 0 Å². The van der Waals surface area contributed by atoms with Crippen LogP contribution in [0.5, 0.6) is 0 Å². The fourth-order valence-electron chi connectivity index (χ4n) is 2.51. The molecule has 0 unspecified atom stereocenters. The molecule has 1 rings (SSSR count). The van der Waals surface area contributed by atoms with Gasteiger partial charge in [-0.25, -0.2) is 0 Å². The van der Waals surface area contributed by atoms with E-state index in [0.717, 1.165) is 30.9 Å². The van der Waals surface area contributed by atoms with Crippen molar-refractivity contribution in [3.8, 4) is 0 Å². The van der Waals surface area contributed by atoms with Crippen molar-refractivity contribution in [1.82, 2.24) is 0 Å². The third-order valence-electron chi connectivity index (χ3n) is 3.83. The van der Waals surface area contributed by atoms with E-state index in [1.165, 1.54) is 6.08 Å². The smallest absolute Gasteiger partial charge is 0.303 e. The summed E-state index contributed by atoms with van der Waals surface area (Å²) in [6.07, 6.45) is 4.06. The molecule has 1 aliphatic rings. The lowest BCUT2D eigenvalue weighted by Crippen LogP contribution is -2.01. The molecule has 0 fully saturated rings. The normalized spacial score (nSPS) is 20.3. The van der Waals surface area contributed by atoms with Gasteiger partial charge in [0, 0.05) is 23.9 Å². The predicted octanol–water partition coefficient (Wildman–Crippen LogP) is 4.34. The van der Waals surface area contributed by atoms with E-state index < -0.39 is 31.2 Å². The van der Waals surface area contributed by atoms with Crippen LogP contribution in [0.3, 0.4) is 0 Å². The van der Waals surface area contributed by atoms with E-state index >= 15 is 0 Å². The van der Waals surface area contributed by atoms with E-state index in [9.17, 15) is 14.7 Å². The maximum atomic E-state index is 12.1. The number of carbonyl (C=O) groups excluding carboxylic acids is 1. The van der Waals surface area contributed by atoms with Crippen molar-refractivity contribution in [2.75, 3.05) is 0 Å². The van der Waals surface area contributed by atoms with Crippen LogP contribution in [0.1, 0.15) is 76.5 Å². The van der Waals surface area contributed by atoms with Crippen LogP contribution >= 0.6 is 0 Å². The van der Waals surface area contributed by atoms with Gasteiger partial charge in [0.1, 0.15) is 0 Å². The Bertz CT molecular complexity index is 651. The van der Waals surface area contributed by atoms with E-state index in [2.05, 4.69) is 6.92 Å². The lowest BCUT2D eigenvalue weighted by Gasteiger charge is -2.05. The Labute approximate surface area is 150 Å². The molecule has 0 aliphatic heterocycles. The minimum absolute atomic E-state index is 0.0427. The second-order valence-corrected chi connectivity index (χ2v) is 5.85. The van der Waals surface area contributed by atoms with Gasteiger partial charge in [-0.05, 0) is 37.6 Å². The molecule has 0 aromatic carbocycles. The molecule has 0 radical (unpaired) electrons. The Balaban J connectivity index is 2.80. The highest BCUT2D eigenvalue weighted by Gasteiger charge is 2.20. The number of aliphatic carboxylic acids is 1. The first-order valence-electron chi connectivity index (χ1n) is 10.5. The molecule has 0 aromatic rings. The molecule has 0 spiro atoms. The first kappa shape index (κ1) is 14.6. The van der Waals surface area contributed by atoms with E-state index in [4.69, 9.17) is 10.6 Å². The molecule has 0 aromatic heterocycles. The van der Waals surface area contributed by atoms with Crippen molar-refractivity contribution < 1.29 is 25.3 Å².